The number of rotatable bonds is 8. The monoisotopic (exact) mass is 288 g/mol. The molecule has 3 nitrogen and oxygen atoms in total. The molecule has 102 valence electrons. The first-order valence-corrected chi connectivity index (χ1v) is 8.88. The number of carbonyl (C=O) groups excluding carboxylic acids is 1. The zero-order chi connectivity index (χ0) is 13.6. The Morgan fingerprint density at radius 3 is 2.61 bits per heavy atom. The van der Waals surface area contributed by atoms with E-state index in [1.54, 1.807) is 6.07 Å². The second-order valence-electron chi connectivity index (χ2n) is 4.84. The van der Waals surface area contributed by atoms with Crippen LogP contribution in [-0.2, 0) is 9.84 Å². The predicted molar refractivity (Wildman–Crippen MR) is 76.0 cm³/mol. The van der Waals surface area contributed by atoms with Gasteiger partial charge in [-0.1, -0.05) is 19.9 Å². The van der Waals surface area contributed by atoms with Gasteiger partial charge < -0.3 is 0 Å². The Balaban J connectivity index is 2.31. The Kier molecular flexibility index (Phi) is 6.02. The Bertz CT molecular complexity index is 458. The SMILES string of the molecule is CC(C)CCS(=O)(=O)CCCC(=O)c1cccs1. The maximum atomic E-state index is 11.7. The lowest BCUT2D eigenvalue weighted by atomic mass is 10.2. The summed E-state index contributed by atoms with van der Waals surface area (Å²) in [5, 5.41) is 1.85. The molecule has 1 heterocycles. The normalized spacial score (nSPS) is 11.9. The van der Waals surface area contributed by atoms with Crippen LogP contribution in [0.25, 0.3) is 0 Å². The number of carbonyl (C=O) groups is 1. The minimum absolute atomic E-state index is 0.0454. The molecule has 0 aliphatic rings. The lowest BCUT2D eigenvalue weighted by Crippen LogP contribution is -2.13. The molecule has 0 saturated heterocycles. The van der Waals surface area contributed by atoms with Gasteiger partial charge in [-0.15, -0.1) is 11.3 Å². The van der Waals surface area contributed by atoms with Gasteiger partial charge in [-0.3, -0.25) is 4.79 Å². The minimum atomic E-state index is -2.99. The highest BCUT2D eigenvalue weighted by molar-refractivity contribution is 7.91. The largest absolute Gasteiger partial charge is 0.293 e. The van der Waals surface area contributed by atoms with Crippen LogP contribution in [0.4, 0.5) is 0 Å². The van der Waals surface area contributed by atoms with E-state index in [1.807, 2.05) is 25.3 Å². The van der Waals surface area contributed by atoms with Crippen molar-refractivity contribution in [2.24, 2.45) is 5.92 Å². The summed E-state index contributed by atoms with van der Waals surface area (Å²) in [4.78, 5) is 12.4. The molecule has 0 aliphatic heterocycles. The molecule has 0 N–H and O–H groups in total. The molecule has 5 heteroatoms. The van der Waals surface area contributed by atoms with Crippen molar-refractivity contribution in [1.29, 1.82) is 0 Å². The van der Waals surface area contributed by atoms with Crippen LogP contribution >= 0.6 is 11.3 Å². The van der Waals surface area contributed by atoms with Crippen LogP contribution in [0, 0.1) is 5.92 Å². The molecule has 1 aromatic rings. The smallest absolute Gasteiger partial charge is 0.172 e. The Morgan fingerprint density at radius 2 is 2.06 bits per heavy atom. The maximum Gasteiger partial charge on any atom is 0.172 e. The van der Waals surface area contributed by atoms with Crippen molar-refractivity contribution in [1.82, 2.24) is 0 Å². The fourth-order valence-electron chi connectivity index (χ4n) is 1.53. The molecule has 0 amide bonds. The molecule has 1 aromatic heterocycles. The minimum Gasteiger partial charge on any atom is -0.293 e. The van der Waals surface area contributed by atoms with Crippen molar-refractivity contribution in [3.63, 3.8) is 0 Å². The fourth-order valence-corrected chi connectivity index (χ4v) is 3.84. The lowest BCUT2D eigenvalue weighted by Gasteiger charge is -2.06. The van der Waals surface area contributed by atoms with Crippen molar-refractivity contribution >= 4 is 27.0 Å². The Labute approximate surface area is 113 Å². The number of sulfone groups is 1. The van der Waals surface area contributed by atoms with Gasteiger partial charge in [0.05, 0.1) is 16.4 Å². The molecule has 0 bridgehead atoms. The van der Waals surface area contributed by atoms with Gasteiger partial charge in [0.2, 0.25) is 0 Å². The summed E-state index contributed by atoms with van der Waals surface area (Å²) in [5.74, 6) is 0.797. The zero-order valence-electron chi connectivity index (χ0n) is 10.9. The van der Waals surface area contributed by atoms with Gasteiger partial charge in [-0.25, -0.2) is 8.42 Å². The van der Waals surface area contributed by atoms with Crippen LogP contribution in [0.15, 0.2) is 17.5 Å². The number of hydrogen-bond donors (Lipinski definition) is 0. The predicted octanol–water partition coefficient (Wildman–Crippen LogP) is 3.17. The third-order valence-electron chi connectivity index (χ3n) is 2.66. The molecule has 0 atom stereocenters. The number of hydrogen-bond acceptors (Lipinski definition) is 4. The molecule has 1 rings (SSSR count). The lowest BCUT2D eigenvalue weighted by molar-refractivity contribution is 0.0986. The van der Waals surface area contributed by atoms with Gasteiger partial charge in [0.1, 0.15) is 9.84 Å². The summed E-state index contributed by atoms with van der Waals surface area (Å²) in [6, 6.07) is 3.61. The molecule has 0 spiro atoms. The first-order valence-electron chi connectivity index (χ1n) is 6.18. The summed E-state index contributed by atoms with van der Waals surface area (Å²) in [7, 11) is -2.99. The first-order chi connectivity index (χ1) is 8.41. The van der Waals surface area contributed by atoms with Gasteiger partial charge in [0.15, 0.2) is 5.78 Å². The quantitative estimate of drug-likeness (QED) is 0.690. The van der Waals surface area contributed by atoms with Crippen LogP contribution in [-0.4, -0.2) is 25.7 Å². The van der Waals surface area contributed by atoms with Gasteiger partial charge in [-0.2, -0.15) is 0 Å². The summed E-state index contributed by atoms with van der Waals surface area (Å²) in [6.45, 7) is 4.02. The van der Waals surface area contributed by atoms with E-state index in [9.17, 15) is 13.2 Å². The summed E-state index contributed by atoms with van der Waals surface area (Å²) in [5.41, 5.74) is 0. The van der Waals surface area contributed by atoms with Gasteiger partial charge in [0, 0.05) is 6.42 Å². The Hall–Kier alpha value is -0.680. The summed E-state index contributed by atoms with van der Waals surface area (Å²) >= 11 is 1.40. The van der Waals surface area contributed by atoms with Crippen molar-refractivity contribution in [3.05, 3.63) is 22.4 Å². The van der Waals surface area contributed by atoms with E-state index in [0.29, 0.717) is 25.2 Å². The van der Waals surface area contributed by atoms with Gasteiger partial charge in [0.25, 0.3) is 0 Å². The molecule has 18 heavy (non-hydrogen) atoms. The number of thiophene rings is 1. The molecular weight excluding hydrogens is 268 g/mol. The van der Waals surface area contributed by atoms with Gasteiger partial charge in [-0.05, 0) is 30.2 Å². The maximum absolute atomic E-state index is 11.7. The van der Waals surface area contributed by atoms with E-state index in [0.717, 1.165) is 4.88 Å². The van der Waals surface area contributed by atoms with E-state index in [-0.39, 0.29) is 17.3 Å². The highest BCUT2D eigenvalue weighted by Gasteiger charge is 2.13. The van der Waals surface area contributed by atoms with Crippen molar-refractivity contribution in [3.8, 4) is 0 Å². The molecule has 0 unspecified atom stereocenters. The molecule has 0 radical (unpaired) electrons. The summed E-state index contributed by atoms with van der Waals surface area (Å²) in [6.07, 6.45) is 1.44. The van der Waals surface area contributed by atoms with Crippen molar-refractivity contribution in [2.45, 2.75) is 33.1 Å². The molecule has 0 aromatic carbocycles. The second-order valence-corrected chi connectivity index (χ2v) is 8.09. The van der Waals surface area contributed by atoms with Crippen LogP contribution in [0.3, 0.4) is 0 Å². The van der Waals surface area contributed by atoms with E-state index in [2.05, 4.69) is 0 Å². The van der Waals surface area contributed by atoms with Crippen molar-refractivity contribution < 1.29 is 13.2 Å². The highest BCUT2D eigenvalue weighted by atomic mass is 32.2. The standard InChI is InChI=1S/C13H20O3S2/c1-11(2)7-10-18(15,16)9-4-5-12(14)13-6-3-8-17-13/h3,6,8,11H,4-5,7,9-10H2,1-2H3. The Morgan fingerprint density at radius 1 is 1.33 bits per heavy atom. The second kappa shape index (κ2) is 7.04. The van der Waals surface area contributed by atoms with Crippen LogP contribution < -0.4 is 0 Å². The van der Waals surface area contributed by atoms with E-state index in [4.69, 9.17) is 0 Å². The van der Waals surface area contributed by atoms with Gasteiger partial charge >= 0.3 is 0 Å². The van der Waals surface area contributed by atoms with Crippen LogP contribution in [0.5, 0.6) is 0 Å². The average molecular weight is 288 g/mol. The third kappa shape index (κ3) is 5.78. The first kappa shape index (κ1) is 15.4. The van der Waals surface area contributed by atoms with E-state index < -0.39 is 9.84 Å². The molecular formula is C13H20O3S2. The van der Waals surface area contributed by atoms with E-state index >= 15 is 0 Å². The highest BCUT2D eigenvalue weighted by Crippen LogP contribution is 2.13. The molecule has 0 saturated carbocycles. The molecule has 0 fully saturated rings. The third-order valence-corrected chi connectivity index (χ3v) is 5.34. The summed E-state index contributed by atoms with van der Waals surface area (Å²) < 4.78 is 23.4. The molecule has 0 aliphatic carbocycles. The van der Waals surface area contributed by atoms with Crippen molar-refractivity contribution in [2.75, 3.05) is 11.5 Å². The van der Waals surface area contributed by atoms with E-state index in [1.165, 1.54) is 11.3 Å². The van der Waals surface area contributed by atoms with Crippen LogP contribution in [0.1, 0.15) is 42.8 Å². The number of Topliss-reactive ketones (excluding diaryl/α,β-unsaturated/α-hetero) is 1. The topological polar surface area (TPSA) is 51.2 Å². The zero-order valence-corrected chi connectivity index (χ0v) is 12.5. The van der Waals surface area contributed by atoms with Crippen LogP contribution in [0.2, 0.25) is 0 Å². The average Bonchev–Trinajstić information content (AvgIpc) is 2.79. The number of ketones is 1. The fraction of sp³-hybridized carbons (Fsp3) is 0.615.